The van der Waals surface area contributed by atoms with Crippen molar-refractivity contribution in [3.63, 3.8) is 0 Å². The molecule has 0 unspecified atom stereocenters. The van der Waals surface area contributed by atoms with Crippen molar-refractivity contribution in [2.75, 3.05) is 0 Å². The summed E-state index contributed by atoms with van der Waals surface area (Å²) in [6, 6.07) is 7.85. The quantitative estimate of drug-likeness (QED) is 0.589. The van der Waals surface area contributed by atoms with Crippen LogP contribution in [0.25, 0.3) is 5.69 Å². The van der Waals surface area contributed by atoms with E-state index >= 15 is 0 Å². The van der Waals surface area contributed by atoms with Gasteiger partial charge < -0.3 is 0 Å². The topological polar surface area (TPSA) is 60.1 Å². The Hall–Kier alpha value is -2.26. The summed E-state index contributed by atoms with van der Waals surface area (Å²) >= 11 is 0. The summed E-state index contributed by atoms with van der Waals surface area (Å²) in [5.41, 5.74) is 1.62. The van der Waals surface area contributed by atoms with Gasteiger partial charge in [0.2, 0.25) is 6.08 Å². The second-order valence-corrected chi connectivity index (χ2v) is 4.13. The van der Waals surface area contributed by atoms with E-state index in [1.807, 2.05) is 24.3 Å². The van der Waals surface area contributed by atoms with E-state index < -0.39 is 0 Å². The van der Waals surface area contributed by atoms with Crippen LogP contribution in [-0.2, 0) is 10.3 Å². The van der Waals surface area contributed by atoms with Crippen LogP contribution in [0.3, 0.4) is 0 Å². The smallest absolute Gasteiger partial charge is 0.221 e. The van der Waals surface area contributed by atoms with E-state index in [0.29, 0.717) is 0 Å². The molecule has 0 N–H and O–H groups in total. The van der Waals surface area contributed by atoms with Crippen molar-refractivity contribution in [1.82, 2.24) is 15.0 Å². The van der Waals surface area contributed by atoms with Crippen LogP contribution in [0.5, 0.6) is 0 Å². The van der Waals surface area contributed by atoms with Crippen molar-refractivity contribution >= 4 is 6.08 Å². The maximum absolute atomic E-state index is 10.4. The first kappa shape index (κ1) is 9.93. The van der Waals surface area contributed by atoms with E-state index in [4.69, 9.17) is 0 Å². The third kappa shape index (κ3) is 1.66. The average Bonchev–Trinajstić information content (AvgIpc) is 2.94. The minimum atomic E-state index is -0.335. The summed E-state index contributed by atoms with van der Waals surface area (Å²) < 4.78 is 1.68. The molecule has 1 heterocycles. The normalized spacial score (nSPS) is 16.2. The van der Waals surface area contributed by atoms with E-state index in [0.717, 1.165) is 24.1 Å². The molecule has 5 nitrogen and oxygen atoms in total. The van der Waals surface area contributed by atoms with Gasteiger partial charge in [-0.15, -0.1) is 5.10 Å². The summed E-state index contributed by atoms with van der Waals surface area (Å²) in [5, 5.41) is 7.70. The van der Waals surface area contributed by atoms with Gasteiger partial charge in [0.25, 0.3) is 0 Å². The maximum atomic E-state index is 10.4. The van der Waals surface area contributed by atoms with Gasteiger partial charge >= 0.3 is 0 Å². The molecular formula is C12H10N4O. The summed E-state index contributed by atoms with van der Waals surface area (Å²) in [6.45, 7) is 0. The molecule has 3 rings (SSSR count). The molecule has 84 valence electrons. The molecule has 1 aromatic heterocycles. The van der Waals surface area contributed by atoms with Crippen LogP contribution in [0.1, 0.15) is 18.4 Å². The second-order valence-electron chi connectivity index (χ2n) is 4.13. The first-order valence-corrected chi connectivity index (χ1v) is 5.40. The number of hydrogen-bond acceptors (Lipinski definition) is 4. The summed E-state index contributed by atoms with van der Waals surface area (Å²) in [4.78, 5) is 14.3. The van der Waals surface area contributed by atoms with Gasteiger partial charge in [-0.05, 0) is 30.5 Å². The third-order valence-electron chi connectivity index (χ3n) is 3.05. The SMILES string of the molecule is O=C=NC1(c2cccc(-n3ccnn3)c2)CC1. The number of isocyanates is 1. The van der Waals surface area contributed by atoms with Gasteiger partial charge in [0.05, 0.1) is 23.6 Å². The Balaban J connectivity index is 2.03. The fraction of sp³-hybridized carbons (Fsp3) is 0.250. The van der Waals surface area contributed by atoms with E-state index in [2.05, 4.69) is 15.3 Å². The van der Waals surface area contributed by atoms with E-state index in [-0.39, 0.29) is 5.54 Å². The zero-order valence-corrected chi connectivity index (χ0v) is 9.08. The molecular weight excluding hydrogens is 216 g/mol. The standard InChI is InChI=1S/C12H10N4O/c17-9-13-12(4-5-12)10-2-1-3-11(8-10)16-7-6-14-15-16/h1-3,6-8H,4-5H2. The molecule has 1 aliphatic carbocycles. The van der Waals surface area contributed by atoms with Crippen LogP contribution >= 0.6 is 0 Å². The molecule has 1 fully saturated rings. The predicted molar refractivity (Wildman–Crippen MR) is 60.4 cm³/mol. The predicted octanol–water partition coefficient (Wildman–Crippen LogP) is 1.59. The Morgan fingerprint density at radius 1 is 1.41 bits per heavy atom. The lowest BCUT2D eigenvalue weighted by molar-refractivity contribution is 0.556. The van der Waals surface area contributed by atoms with Crippen molar-refractivity contribution in [1.29, 1.82) is 0 Å². The molecule has 1 saturated carbocycles. The number of carbonyl (C=O) groups excluding carboxylic acids is 1. The first-order chi connectivity index (χ1) is 8.34. The highest BCUT2D eigenvalue weighted by atomic mass is 16.1. The van der Waals surface area contributed by atoms with Crippen molar-refractivity contribution < 1.29 is 4.79 Å². The summed E-state index contributed by atoms with van der Waals surface area (Å²) in [7, 11) is 0. The number of rotatable bonds is 3. The van der Waals surface area contributed by atoms with Gasteiger partial charge in [0.15, 0.2) is 0 Å². The molecule has 17 heavy (non-hydrogen) atoms. The highest BCUT2D eigenvalue weighted by Crippen LogP contribution is 2.49. The molecule has 0 amide bonds. The maximum Gasteiger partial charge on any atom is 0.235 e. The Morgan fingerprint density at radius 2 is 2.29 bits per heavy atom. The highest BCUT2D eigenvalue weighted by Gasteiger charge is 2.44. The summed E-state index contributed by atoms with van der Waals surface area (Å²) in [6.07, 6.45) is 6.88. The van der Waals surface area contributed by atoms with Gasteiger partial charge in [-0.25, -0.2) is 9.48 Å². The molecule has 0 aliphatic heterocycles. The van der Waals surface area contributed by atoms with Crippen molar-refractivity contribution in [3.8, 4) is 5.69 Å². The zero-order valence-electron chi connectivity index (χ0n) is 9.08. The highest BCUT2D eigenvalue weighted by molar-refractivity contribution is 5.45. The monoisotopic (exact) mass is 226 g/mol. The molecule has 0 atom stereocenters. The second kappa shape index (κ2) is 3.64. The van der Waals surface area contributed by atoms with Gasteiger partial charge in [-0.2, -0.15) is 4.99 Å². The molecule has 0 radical (unpaired) electrons. The molecule has 0 spiro atoms. The lowest BCUT2D eigenvalue weighted by atomic mass is 10.1. The number of nitrogens with zero attached hydrogens (tertiary/aromatic N) is 4. The molecule has 0 saturated heterocycles. The average molecular weight is 226 g/mol. The van der Waals surface area contributed by atoms with Crippen LogP contribution in [0.4, 0.5) is 0 Å². The van der Waals surface area contributed by atoms with E-state index in [1.165, 1.54) is 0 Å². The minimum Gasteiger partial charge on any atom is -0.221 e. The Bertz CT molecular complexity index is 580. The van der Waals surface area contributed by atoms with Crippen LogP contribution in [-0.4, -0.2) is 21.1 Å². The van der Waals surface area contributed by atoms with Crippen molar-refractivity contribution in [2.24, 2.45) is 4.99 Å². The van der Waals surface area contributed by atoms with Crippen LogP contribution < -0.4 is 0 Å². The van der Waals surface area contributed by atoms with Gasteiger partial charge in [-0.1, -0.05) is 17.3 Å². The Kier molecular flexibility index (Phi) is 2.13. The molecule has 1 aromatic carbocycles. The number of benzene rings is 1. The fourth-order valence-electron chi connectivity index (χ4n) is 1.95. The molecule has 5 heteroatoms. The van der Waals surface area contributed by atoms with E-state index in [1.54, 1.807) is 23.2 Å². The van der Waals surface area contributed by atoms with Gasteiger partial charge in [-0.3, -0.25) is 0 Å². The van der Waals surface area contributed by atoms with Gasteiger partial charge in [0.1, 0.15) is 0 Å². The first-order valence-electron chi connectivity index (χ1n) is 5.40. The number of aromatic nitrogens is 3. The largest absolute Gasteiger partial charge is 0.235 e. The fourth-order valence-corrected chi connectivity index (χ4v) is 1.95. The number of aliphatic imine (C=N–C) groups is 1. The lowest BCUT2D eigenvalue weighted by Crippen LogP contribution is -2.04. The van der Waals surface area contributed by atoms with Gasteiger partial charge in [0, 0.05) is 0 Å². The zero-order chi connectivity index (χ0) is 11.7. The van der Waals surface area contributed by atoms with E-state index in [9.17, 15) is 4.79 Å². The molecule has 0 bridgehead atoms. The number of hydrogen-bond donors (Lipinski definition) is 0. The van der Waals surface area contributed by atoms with Crippen LogP contribution in [0, 0.1) is 0 Å². The lowest BCUT2D eigenvalue weighted by Gasteiger charge is -2.09. The molecule has 2 aromatic rings. The Morgan fingerprint density at radius 3 is 2.94 bits per heavy atom. The minimum absolute atomic E-state index is 0.335. The van der Waals surface area contributed by atoms with Crippen molar-refractivity contribution in [2.45, 2.75) is 18.4 Å². The Labute approximate surface area is 97.8 Å². The summed E-state index contributed by atoms with van der Waals surface area (Å²) in [5.74, 6) is 0. The third-order valence-corrected chi connectivity index (χ3v) is 3.05. The van der Waals surface area contributed by atoms with Crippen LogP contribution in [0.2, 0.25) is 0 Å². The van der Waals surface area contributed by atoms with Crippen LogP contribution in [0.15, 0.2) is 41.7 Å². The van der Waals surface area contributed by atoms with Crippen molar-refractivity contribution in [3.05, 3.63) is 42.2 Å². The molecule has 1 aliphatic rings.